The van der Waals surface area contributed by atoms with E-state index in [1.807, 2.05) is 55.5 Å². The van der Waals surface area contributed by atoms with Crippen molar-refractivity contribution in [3.8, 4) is 0 Å². The van der Waals surface area contributed by atoms with Crippen LogP contribution in [0.15, 0.2) is 65.4 Å². The standard InChI is InChI=1S/C18H18BrN2O2P/c1-2-23-24(22,21-13-14-9-11-20-12-10-14)18-8-7-17(19)15-5-3-4-6-16(15)18/h3-12H,2,13H2,1H3,(H,21,22). The van der Waals surface area contributed by atoms with Crippen LogP contribution >= 0.6 is 23.4 Å². The fourth-order valence-corrected chi connectivity index (χ4v) is 5.00. The summed E-state index contributed by atoms with van der Waals surface area (Å²) in [6, 6.07) is 15.4. The second kappa shape index (κ2) is 7.58. The lowest BCUT2D eigenvalue weighted by Crippen LogP contribution is -2.22. The Bertz CT molecular complexity index is 887. The van der Waals surface area contributed by atoms with E-state index in [2.05, 4.69) is 26.0 Å². The fraction of sp³-hybridized carbons (Fsp3) is 0.167. The van der Waals surface area contributed by atoms with Gasteiger partial charge in [-0.2, -0.15) is 0 Å². The van der Waals surface area contributed by atoms with Crippen LogP contribution in [-0.2, 0) is 15.6 Å². The van der Waals surface area contributed by atoms with Crippen LogP contribution in [0.4, 0.5) is 0 Å². The monoisotopic (exact) mass is 404 g/mol. The van der Waals surface area contributed by atoms with Gasteiger partial charge in [0.15, 0.2) is 0 Å². The molecule has 124 valence electrons. The number of fused-ring (bicyclic) bond motifs is 1. The summed E-state index contributed by atoms with van der Waals surface area (Å²) >= 11 is 3.55. The summed E-state index contributed by atoms with van der Waals surface area (Å²) in [5.74, 6) is 0. The molecule has 6 heteroatoms. The minimum atomic E-state index is -3.19. The van der Waals surface area contributed by atoms with Crippen molar-refractivity contribution in [2.45, 2.75) is 13.5 Å². The minimum absolute atomic E-state index is 0.366. The molecule has 1 N–H and O–H groups in total. The second-order valence-corrected chi connectivity index (χ2v) is 8.29. The maximum atomic E-state index is 13.5. The van der Waals surface area contributed by atoms with Crippen LogP contribution in [0.2, 0.25) is 0 Å². The first kappa shape index (κ1) is 17.3. The van der Waals surface area contributed by atoms with Gasteiger partial charge < -0.3 is 4.52 Å². The molecule has 0 saturated carbocycles. The number of halogens is 1. The Morgan fingerprint density at radius 3 is 2.50 bits per heavy atom. The zero-order chi connectivity index (χ0) is 17.0. The van der Waals surface area contributed by atoms with E-state index >= 15 is 0 Å². The van der Waals surface area contributed by atoms with Gasteiger partial charge in [0.25, 0.3) is 0 Å². The molecular formula is C18H18BrN2O2P. The van der Waals surface area contributed by atoms with Gasteiger partial charge in [0, 0.05) is 23.4 Å². The second-order valence-electron chi connectivity index (χ2n) is 5.27. The van der Waals surface area contributed by atoms with Gasteiger partial charge in [0.05, 0.1) is 11.9 Å². The van der Waals surface area contributed by atoms with E-state index in [4.69, 9.17) is 4.52 Å². The van der Waals surface area contributed by atoms with Gasteiger partial charge in [-0.05, 0) is 47.5 Å². The summed E-state index contributed by atoms with van der Waals surface area (Å²) in [5, 5.41) is 5.76. The topological polar surface area (TPSA) is 51.2 Å². The van der Waals surface area contributed by atoms with Crippen LogP contribution in [0, 0.1) is 0 Å². The number of aromatic nitrogens is 1. The van der Waals surface area contributed by atoms with Crippen molar-refractivity contribution >= 4 is 39.5 Å². The Kier molecular flexibility index (Phi) is 5.47. The highest BCUT2D eigenvalue weighted by molar-refractivity contribution is 9.10. The average molecular weight is 405 g/mol. The van der Waals surface area contributed by atoms with Crippen molar-refractivity contribution in [1.29, 1.82) is 0 Å². The van der Waals surface area contributed by atoms with Gasteiger partial charge in [-0.3, -0.25) is 9.55 Å². The van der Waals surface area contributed by atoms with Crippen molar-refractivity contribution in [2.75, 3.05) is 6.61 Å². The molecule has 2 aromatic carbocycles. The molecule has 4 nitrogen and oxygen atoms in total. The number of rotatable bonds is 6. The summed E-state index contributed by atoms with van der Waals surface area (Å²) in [6.45, 7) is 2.66. The normalized spacial score (nSPS) is 13.8. The molecule has 0 radical (unpaired) electrons. The Balaban J connectivity index is 2.01. The predicted molar refractivity (Wildman–Crippen MR) is 102 cm³/mol. The zero-order valence-corrected chi connectivity index (χ0v) is 15.8. The van der Waals surface area contributed by atoms with E-state index in [1.54, 1.807) is 12.4 Å². The number of hydrogen-bond donors (Lipinski definition) is 1. The van der Waals surface area contributed by atoms with E-state index < -0.39 is 7.52 Å². The molecule has 0 aliphatic rings. The van der Waals surface area contributed by atoms with E-state index in [1.165, 1.54) is 0 Å². The molecule has 1 unspecified atom stereocenters. The highest BCUT2D eigenvalue weighted by atomic mass is 79.9. The Morgan fingerprint density at radius 1 is 1.08 bits per heavy atom. The van der Waals surface area contributed by atoms with Gasteiger partial charge >= 0.3 is 7.52 Å². The Hall–Kier alpha value is -1.52. The molecule has 0 aliphatic heterocycles. The third kappa shape index (κ3) is 3.60. The van der Waals surface area contributed by atoms with Crippen molar-refractivity contribution in [3.05, 3.63) is 71.0 Å². The van der Waals surface area contributed by atoms with Crippen LogP contribution in [0.25, 0.3) is 10.8 Å². The lowest BCUT2D eigenvalue weighted by Gasteiger charge is -2.21. The van der Waals surface area contributed by atoms with Gasteiger partial charge in [-0.1, -0.05) is 40.2 Å². The molecule has 0 bridgehead atoms. The summed E-state index contributed by atoms with van der Waals surface area (Å²) in [4.78, 5) is 4.00. The number of benzene rings is 2. The van der Waals surface area contributed by atoms with Gasteiger partial charge in [0.2, 0.25) is 0 Å². The Morgan fingerprint density at radius 2 is 1.79 bits per heavy atom. The first-order chi connectivity index (χ1) is 11.6. The average Bonchev–Trinajstić information content (AvgIpc) is 2.62. The highest BCUT2D eigenvalue weighted by Gasteiger charge is 2.27. The van der Waals surface area contributed by atoms with Gasteiger partial charge in [-0.15, -0.1) is 0 Å². The predicted octanol–water partition coefficient (Wildman–Crippen LogP) is 4.64. The molecule has 1 heterocycles. The number of hydrogen-bond acceptors (Lipinski definition) is 3. The first-order valence-corrected chi connectivity index (χ1v) is 10.1. The number of nitrogens with zero attached hydrogens (tertiary/aromatic N) is 1. The number of nitrogens with one attached hydrogen (secondary N) is 1. The number of pyridine rings is 1. The summed E-state index contributed by atoms with van der Waals surface area (Å²) in [5.41, 5.74) is 1.01. The maximum Gasteiger partial charge on any atom is 0.300 e. The molecule has 24 heavy (non-hydrogen) atoms. The molecule has 3 aromatic rings. The van der Waals surface area contributed by atoms with E-state index in [9.17, 15) is 4.57 Å². The molecule has 1 atom stereocenters. The van der Waals surface area contributed by atoms with Gasteiger partial charge in [0.1, 0.15) is 0 Å². The van der Waals surface area contributed by atoms with Gasteiger partial charge in [-0.25, -0.2) is 5.09 Å². The van der Waals surface area contributed by atoms with E-state index in [-0.39, 0.29) is 0 Å². The molecule has 0 spiro atoms. The summed E-state index contributed by atoms with van der Waals surface area (Å²) < 4.78 is 20.2. The molecule has 0 aliphatic carbocycles. The molecular weight excluding hydrogens is 387 g/mol. The molecule has 3 rings (SSSR count). The van der Waals surface area contributed by atoms with Crippen LogP contribution < -0.4 is 10.4 Å². The van der Waals surface area contributed by atoms with E-state index in [0.717, 1.165) is 20.8 Å². The first-order valence-electron chi connectivity index (χ1n) is 7.70. The van der Waals surface area contributed by atoms with Crippen molar-refractivity contribution in [2.24, 2.45) is 0 Å². The SMILES string of the molecule is CCOP(=O)(NCc1ccncc1)c1ccc(Br)c2ccccc12. The molecule has 1 aromatic heterocycles. The van der Waals surface area contributed by atoms with Crippen molar-refractivity contribution in [1.82, 2.24) is 10.1 Å². The van der Waals surface area contributed by atoms with Crippen LogP contribution in [0.3, 0.4) is 0 Å². The quantitative estimate of drug-likeness (QED) is 0.607. The summed E-state index contributed by atoms with van der Waals surface area (Å²) in [7, 11) is -3.19. The highest BCUT2D eigenvalue weighted by Crippen LogP contribution is 2.44. The summed E-state index contributed by atoms with van der Waals surface area (Å²) in [6.07, 6.45) is 3.44. The smallest absolute Gasteiger partial charge is 0.300 e. The molecule has 0 saturated heterocycles. The largest absolute Gasteiger partial charge is 0.315 e. The fourth-order valence-electron chi connectivity index (χ4n) is 2.58. The lowest BCUT2D eigenvalue weighted by molar-refractivity contribution is 0.332. The van der Waals surface area contributed by atoms with Crippen LogP contribution in [-0.4, -0.2) is 11.6 Å². The Labute approximate surface area is 149 Å². The van der Waals surface area contributed by atoms with E-state index in [0.29, 0.717) is 18.5 Å². The third-order valence-corrected chi connectivity index (χ3v) is 6.63. The zero-order valence-electron chi connectivity index (χ0n) is 13.3. The lowest BCUT2D eigenvalue weighted by atomic mass is 10.1. The minimum Gasteiger partial charge on any atom is -0.315 e. The maximum absolute atomic E-state index is 13.5. The third-order valence-electron chi connectivity index (χ3n) is 3.72. The molecule has 0 fully saturated rings. The van der Waals surface area contributed by atoms with Crippen LogP contribution in [0.5, 0.6) is 0 Å². The van der Waals surface area contributed by atoms with Crippen LogP contribution in [0.1, 0.15) is 12.5 Å². The van der Waals surface area contributed by atoms with Crippen molar-refractivity contribution < 1.29 is 9.09 Å². The molecule has 0 amide bonds. The van der Waals surface area contributed by atoms with Crippen molar-refractivity contribution in [3.63, 3.8) is 0 Å².